The van der Waals surface area contributed by atoms with Crippen LogP contribution in [-0.4, -0.2) is 35.5 Å². The maximum absolute atomic E-state index is 5.69. The molecule has 0 spiro atoms. The van der Waals surface area contributed by atoms with E-state index in [1.807, 2.05) is 26.0 Å². The summed E-state index contributed by atoms with van der Waals surface area (Å²) in [5.74, 6) is 4.11. The molecule has 3 heterocycles. The molecule has 2 aromatic heterocycles. The van der Waals surface area contributed by atoms with E-state index < -0.39 is 0 Å². The number of halogens is 1. The Kier molecular flexibility index (Phi) is 5.73. The largest absolute Gasteiger partial charge is 0.465 e. The topological polar surface area (TPSA) is 32.8 Å². The minimum Gasteiger partial charge on any atom is -0.465 e. The van der Waals surface area contributed by atoms with Crippen LogP contribution in [0.25, 0.3) is 0 Å². The summed E-state index contributed by atoms with van der Waals surface area (Å²) in [5, 5.41) is 0. The molecule has 4 nitrogen and oxygen atoms in total. The molecule has 0 amide bonds. The molecule has 0 aliphatic carbocycles. The van der Waals surface area contributed by atoms with Crippen molar-refractivity contribution in [1.82, 2.24) is 9.80 Å². The zero-order valence-electron chi connectivity index (χ0n) is 13.5. The lowest BCUT2D eigenvalue weighted by Crippen LogP contribution is -2.50. The minimum absolute atomic E-state index is 0. The smallest absolute Gasteiger partial charge is 0.118 e. The summed E-state index contributed by atoms with van der Waals surface area (Å²) in [4.78, 5) is 4.95. The first-order chi connectivity index (χ1) is 10.1. The quantitative estimate of drug-likeness (QED) is 0.860. The number of hydrogen-bond donors (Lipinski definition) is 0. The fourth-order valence-corrected chi connectivity index (χ4v) is 3.01. The molecule has 122 valence electrons. The van der Waals surface area contributed by atoms with E-state index in [0.29, 0.717) is 6.04 Å². The second-order valence-corrected chi connectivity index (χ2v) is 6.08. The van der Waals surface area contributed by atoms with Crippen LogP contribution in [0.5, 0.6) is 0 Å². The van der Waals surface area contributed by atoms with Gasteiger partial charge in [0.2, 0.25) is 0 Å². The van der Waals surface area contributed by atoms with Gasteiger partial charge in [0.1, 0.15) is 23.0 Å². The molecule has 0 aromatic carbocycles. The summed E-state index contributed by atoms with van der Waals surface area (Å²) < 4.78 is 11.4. The summed E-state index contributed by atoms with van der Waals surface area (Å²) in [5.41, 5.74) is 0. The van der Waals surface area contributed by atoms with Crippen LogP contribution in [0, 0.1) is 13.8 Å². The Labute approximate surface area is 138 Å². The van der Waals surface area contributed by atoms with Gasteiger partial charge in [-0.2, -0.15) is 0 Å². The van der Waals surface area contributed by atoms with Crippen molar-refractivity contribution in [2.24, 2.45) is 0 Å². The van der Waals surface area contributed by atoms with E-state index in [1.54, 1.807) is 0 Å². The summed E-state index contributed by atoms with van der Waals surface area (Å²) in [7, 11) is 0. The maximum Gasteiger partial charge on any atom is 0.118 e. The first kappa shape index (κ1) is 17.1. The highest BCUT2D eigenvalue weighted by Gasteiger charge is 2.24. The highest BCUT2D eigenvalue weighted by molar-refractivity contribution is 5.85. The number of hydrogen-bond acceptors (Lipinski definition) is 4. The van der Waals surface area contributed by atoms with Gasteiger partial charge in [0, 0.05) is 25.7 Å². The van der Waals surface area contributed by atoms with E-state index in [2.05, 4.69) is 28.9 Å². The monoisotopic (exact) mass is 324 g/mol. The van der Waals surface area contributed by atoms with Crippen LogP contribution in [0.2, 0.25) is 0 Å². The molecule has 0 bridgehead atoms. The van der Waals surface area contributed by atoms with Gasteiger partial charge in [0.05, 0.1) is 13.1 Å². The first-order valence-corrected chi connectivity index (χ1v) is 7.67. The molecule has 3 rings (SSSR count). The van der Waals surface area contributed by atoms with Gasteiger partial charge < -0.3 is 8.83 Å². The van der Waals surface area contributed by atoms with Crippen molar-refractivity contribution in [1.29, 1.82) is 0 Å². The second kappa shape index (κ2) is 7.36. The molecule has 5 heteroatoms. The lowest BCUT2D eigenvalue weighted by Gasteiger charge is -2.39. The number of piperazine rings is 1. The number of furan rings is 2. The van der Waals surface area contributed by atoms with Crippen molar-refractivity contribution in [2.45, 2.75) is 39.9 Å². The second-order valence-electron chi connectivity index (χ2n) is 6.08. The molecular weight excluding hydrogens is 300 g/mol. The van der Waals surface area contributed by atoms with Crippen molar-refractivity contribution < 1.29 is 8.83 Å². The van der Waals surface area contributed by atoms with Crippen molar-refractivity contribution in [3.63, 3.8) is 0 Å². The van der Waals surface area contributed by atoms with E-state index in [9.17, 15) is 0 Å². The fraction of sp³-hybridized carbons (Fsp3) is 0.529. The lowest BCUT2D eigenvalue weighted by molar-refractivity contribution is 0.0640. The zero-order chi connectivity index (χ0) is 14.8. The maximum atomic E-state index is 5.69. The Hall–Kier alpha value is -1.23. The highest BCUT2D eigenvalue weighted by atomic mass is 35.5. The average molecular weight is 325 g/mol. The standard InChI is InChI=1S/C17H24N2O2.ClH/c1-13-10-18(11-16-6-4-14(2)20-16)8-9-19(13)12-17-7-5-15(3)21-17;/h4-7,13H,8-12H2,1-3H3;1H. The van der Waals surface area contributed by atoms with Gasteiger partial charge >= 0.3 is 0 Å². The Morgan fingerprint density at radius 1 is 0.955 bits per heavy atom. The van der Waals surface area contributed by atoms with E-state index in [4.69, 9.17) is 8.83 Å². The van der Waals surface area contributed by atoms with Gasteiger partial charge in [-0.05, 0) is 45.0 Å². The van der Waals surface area contributed by atoms with Crippen LogP contribution in [0.3, 0.4) is 0 Å². The molecule has 22 heavy (non-hydrogen) atoms. The normalized spacial score (nSPS) is 20.0. The third kappa shape index (κ3) is 4.15. The van der Waals surface area contributed by atoms with Crippen molar-refractivity contribution in [3.8, 4) is 0 Å². The van der Waals surface area contributed by atoms with E-state index in [1.165, 1.54) is 0 Å². The zero-order valence-corrected chi connectivity index (χ0v) is 14.4. The van der Waals surface area contributed by atoms with Crippen LogP contribution in [-0.2, 0) is 13.1 Å². The van der Waals surface area contributed by atoms with Crippen LogP contribution in [0.4, 0.5) is 0 Å². The molecule has 1 fully saturated rings. The Balaban J connectivity index is 0.00000176. The summed E-state index contributed by atoms with van der Waals surface area (Å²) in [6.07, 6.45) is 0. The Morgan fingerprint density at radius 3 is 2.05 bits per heavy atom. The fourth-order valence-electron chi connectivity index (χ4n) is 3.01. The number of rotatable bonds is 4. The van der Waals surface area contributed by atoms with Crippen LogP contribution >= 0.6 is 12.4 Å². The number of aryl methyl sites for hydroxylation is 2. The molecule has 1 saturated heterocycles. The predicted molar refractivity (Wildman–Crippen MR) is 89.3 cm³/mol. The minimum atomic E-state index is 0. The number of nitrogens with zero attached hydrogens (tertiary/aromatic N) is 2. The van der Waals surface area contributed by atoms with Crippen molar-refractivity contribution >= 4 is 12.4 Å². The predicted octanol–water partition coefficient (Wildman–Crippen LogP) is 3.62. The lowest BCUT2D eigenvalue weighted by atomic mass is 10.1. The molecule has 1 unspecified atom stereocenters. The van der Waals surface area contributed by atoms with E-state index in [0.717, 1.165) is 55.8 Å². The molecule has 1 aliphatic rings. The highest BCUT2D eigenvalue weighted by Crippen LogP contribution is 2.18. The first-order valence-electron chi connectivity index (χ1n) is 7.67. The summed E-state index contributed by atoms with van der Waals surface area (Å²) >= 11 is 0. The van der Waals surface area contributed by atoms with Crippen LogP contribution < -0.4 is 0 Å². The SMILES string of the molecule is Cc1ccc(CN2CCN(Cc3ccc(C)o3)C(C)C2)o1.Cl. The third-order valence-corrected chi connectivity index (χ3v) is 4.18. The third-order valence-electron chi connectivity index (χ3n) is 4.18. The van der Waals surface area contributed by atoms with E-state index >= 15 is 0 Å². The molecule has 2 aromatic rings. The Morgan fingerprint density at radius 2 is 1.55 bits per heavy atom. The average Bonchev–Trinajstić information content (AvgIpc) is 3.02. The summed E-state index contributed by atoms with van der Waals surface area (Å²) in [6.45, 7) is 11.3. The van der Waals surface area contributed by atoms with Gasteiger partial charge in [-0.3, -0.25) is 9.80 Å². The Bertz CT molecular complexity index is 593. The van der Waals surface area contributed by atoms with Crippen molar-refractivity contribution in [3.05, 3.63) is 47.3 Å². The van der Waals surface area contributed by atoms with E-state index in [-0.39, 0.29) is 12.4 Å². The van der Waals surface area contributed by atoms with Crippen LogP contribution in [0.1, 0.15) is 30.0 Å². The molecular formula is C17H25ClN2O2. The van der Waals surface area contributed by atoms with Crippen LogP contribution in [0.15, 0.2) is 33.1 Å². The molecule has 0 radical (unpaired) electrons. The van der Waals surface area contributed by atoms with Gasteiger partial charge in [-0.25, -0.2) is 0 Å². The van der Waals surface area contributed by atoms with Gasteiger partial charge in [-0.1, -0.05) is 0 Å². The van der Waals surface area contributed by atoms with Gasteiger partial charge in [0.25, 0.3) is 0 Å². The molecule has 1 atom stereocenters. The van der Waals surface area contributed by atoms with Gasteiger partial charge in [-0.15, -0.1) is 12.4 Å². The summed E-state index contributed by atoms with van der Waals surface area (Å²) in [6, 6.07) is 8.77. The van der Waals surface area contributed by atoms with Gasteiger partial charge in [0.15, 0.2) is 0 Å². The molecule has 0 saturated carbocycles. The van der Waals surface area contributed by atoms with Crippen molar-refractivity contribution in [2.75, 3.05) is 19.6 Å². The molecule has 0 N–H and O–H groups in total. The molecule has 1 aliphatic heterocycles.